The van der Waals surface area contributed by atoms with Crippen LogP contribution >= 0.6 is 0 Å². The number of hydrogen-bond acceptors (Lipinski definition) is 2. The minimum Gasteiger partial charge on any atom is -0.463 e. The highest BCUT2D eigenvalue weighted by Crippen LogP contribution is 2.26. The molecule has 0 atom stereocenters. The zero-order chi connectivity index (χ0) is 10.7. The van der Waals surface area contributed by atoms with Crippen molar-refractivity contribution in [2.24, 2.45) is 0 Å². The molecule has 1 aromatic heterocycles. The van der Waals surface area contributed by atoms with Gasteiger partial charge in [0.2, 0.25) is 0 Å². The lowest BCUT2D eigenvalue weighted by atomic mass is 10.1. The summed E-state index contributed by atoms with van der Waals surface area (Å²) in [4.78, 5) is 0. The SMILES string of the molecule is CCCc1oc(CNC)c2ccccc12. The zero-order valence-corrected chi connectivity index (χ0v) is 9.34. The normalized spacial score (nSPS) is 11.1. The van der Waals surface area contributed by atoms with Gasteiger partial charge in [0, 0.05) is 17.2 Å². The standard InChI is InChI=1S/C13H17NO/c1-3-6-12-10-7-4-5-8-11(10)13(15-12)9-14-2/h4-5,7-8,14H,3,6,9H2,1-2H3. The van der Waals surface area contributed by atoms with E-state index >= 15 is 0 Å². The fraction of sp³-hybridized carbons (Fsp3) is 0.385. The van der Waals surface area contributed by atoms with Gasteiger partial charge < -0.3 is 9.73 Å². The summed E-state index contributed by atoms with van der Waals surface area (Å²) in [5.41, 5.74) is 0. The molecule has 0 saturated carbocycles. The van der Waals surface area contributed by atoms with E-state index in [4.69, 9.17) is 4.42 Å². The van der Waals surface area contributed by atoms with Crippen LogP contribution in [0.15, 0.2) is 28.7 Å². The van der Waals surface area contributed by atoms with Crippen LogP contribution in [0.3, 0.4) is 0 Å². The van der Waals surface area contributed by atoms with Gasteiger partial charge in [0.25, 0.3) is 0 Å². The van der Waals surface area contributed by atoms with Crippen LogP contribution in [0, 0.1) is 0 Å². The van der Waals surface area contributed by atoms with E-state index in [1.165, 1.54) is 10.8 Å². The smallest absolute Gasteiger partial charge is 0.125 e. The van der Waals surface area contributed by atoms with Crippen molar-refractivity contribution in [2.45, 2.75) is 26.3 Å². The van der Waals surface area contributed by atoms with Crippen LogP contribution in [-0.4, -0.2) is 7.05 Å². The third-order valence-corrected chi connectivity index (χ3v) is 2.59. The molecule has 80 valence electrons. The predicted molar refractivity (Wildman–Crippen MR) is 63.0 cm³/mol. The number of aryl methyl sites for hydroxylation is 1. The fourth-order valence-electron chi connectivity index (χ4n) is 1.93. The maximum Gasteiger partial charge on any atom is 0.125 e. The van der Waals surface area contributed by atoms with Gasteiger partial charge in [-0.05, 0) is 13.5 Å². The minimum absolute atomic E-state index is 0.796. The van der Waals surface area contributed by atoms with Crippen molar-refractivity contribution in [1.29, 1.82) is 0 Å². The molecule has 2 heteroatoms. The average molecular weight is 203 g/mol. The van der Waals surface area contributed by atoms with Gasteiger partial charge in [-0.15, -0.1) is 0 Å². The lowest BCUT2D eigenvalue weighted by Crippen LogP contribution is -2.03. The summed E-state index contributed by atoms with van der Waals surface area (Å²) in [6.45, 7) is 2.97. The number of fused-ring (bicyclic) bond motifs is 1. The van der Waals surface area contributed by atoms with Crippen molar-refractivity contribution >= 4 is 10.8 Å². The summed E-state index contributed by atoms with van der Waals surface area (Å²) in [5.74, 6) is 2.18. The van der Waals surface area contributed by atoms with Gasteiger partial charge in [-0.2, -0.15) is 0 Å². The first kappa shape index (κ1) is 10.2. The van der Waals surface area contributed by atoms with Gasteiger partial charge in [0.05, 0.1) is 6.54 Å². The molecular weight excluding hydrogens is 186 g/mol. The molecule has 0 radical (unpaired) electrons. The van der Waals surface area contributed by atoms with E-state index in [0.717, 1.165) is 30.9 Å². The van der Waals surface area contributed by atoms with Gasteiger partial charge in [-0.1, -0.05) is 31.2 Å². The van der Waals surface area contributed by atoms with E-state index in [1.807, 2.05) is 7.05 Å². The summed E-state index contributed by atoms with van der Waals surface area (Å²) < 4.78 is 5.88. The predicted octanol–water partition coefficient (Wildman–Crippen LogP) is 3.10. The molecule has 0 bridgehead atoms. The molecule has 0 aliphatic heterocycles. The van der Waals surface area contributed by atoms with Crippen molar-refractivity contribution < 1.29 is 4.42 Å². The summed E-state index contributed by atoms with van der Waals surface area (Å²) in [5, 5.41) is 5.65. The second-order valence-electron chi connectivity index (χ2n) is 3.77. The molecule has 2 aromatic rings. The number of benzene rings is 1. The van der Waals surface area contributed by atoms with E-state index in [9.17, 15) is 0 Å². The lowest BCUT2D eigenvalue weighted by molar-refractivity contribution is 0.458. The fourth-order valence-corrected chi connectivity index (χ4v) is 1.93. The quantitative estimate of drug-likeness (QED) is 0.826. The average Bonchev–Trinajstić information content (AvgIpc) is 2.59. The molecule has 1 N–H and O–H groups in total. The monoisotopic (exact) mass is 203 g/mol. The number of furan rings is 1. The summed E-state index contributed by atoms with van der Waals surface area (Å²) in [6, 6.07) is 8.40. The van der Waals surface area contributed by atoms with Crippen LogP contribution < -0.4 is 5.32 Å². The molecule has 0 amide bonds. The minimum atomic E-state index is 0.796. The zero-order valence-electron chi connectivity index (χ0n) is 9.34. The Morgan fingerprint density at radius 3 is 2.40 bits per heavy atom. The third-order valence-electron chi connectivity index (χ3n) is 2.59. The van der Waals surface area contributed by atoms with E-state index in [2.05, 4.69) is 36.5 Å². The molecule has 1 aromatic carbocycles. The van der Waals surface area contributed by atoms with Crippen molar-refractivity contribution in [3.05, 3.63) is 35.8 Å². The van der Waals surface area contributed by atoms with E-state index in [0.29, 0.717) is 0 Å². The van der Waals surface area contributed by atoms with Crippen LogP contribution in [0.5, 0.6) is 0 Å². The molecule has 2 rings (SSSR count). The maximum absolute atomic E-state index is 5.88. The molecule has 2 nitrogen and oxygen atoms in total. The summed E-state index contributed by atoms with van der Waals surface area (Å²) >= 11 is 0. The van der Waals surface area contributed by atoms with Crippen molar-refractivity contribution in [3.63, 3.8) is 0 Å². The van der Waals surface area contributed by atoms with Gasteiger partial charge in [0.1, 0.15) is 11.5 Å². The van der Waals surface area contributed by atoms with Crippen LogP contribution in [0.4, 0.5) is 0 Å². The van der Waals surface area contributed by atoms with Crippen LogP contribution in [0.1, 0.15) is 24.9 Å². The Labute approximate surface area is 90.3 Å². The summed E-state index contributed by atoms with van der Waals surface area (Å²) in [7, 11) is 1.94. The van der Waals surface area contributed by atoms with Crippen molar-refractivity contribution in [3.8, 4) is 0 Å². The van der Waals surface area contributed by atoms with Gasteiger partial charge in [0.15, 0.2) is 0 Å². The molecule has 1 heterocycles. The number of nitrogens with one attached hydrogen (secondary N) is 1. The lowest BCUT2D eigenvalue weighted by Gasteiger charge is -1.94. The highest BCUT2D eigenvalue weighted by molar-refractivity contribution is 5.86. The topological polar surface area (TPSA) is 25.2 Å². The van der Waals surface area contributed by atoms with Crippen LogP contribution in [-0.2, 0) is 13.0 Å². The molecule has 0 aliphatic carbocycles. The Morgan fingerprint density at radius 2 is 1.80 bits per heavy atom. The Balaban J connectivity index is 2.52. The first-order valence-electron chi connectivity index (χ1n) is 5.50. The number of hydrogen-bond donors (Lipinski definition) is 1. The Hall–Kier alpha value is -1.28. The highest BCUT2D eigenvalue weighted by Gasteiger charge is 2.10. The second kappa shape index (κ2) is 4.49. The first-order valence-corrected chi connectivity index (χ1v) is 5.50. The largest absolute Gasteiger partial charge is 0.463 e. The number of rotatable bonds is 4. The van der Waals surface area contributed by atoms with E-state index in [-0.39, 0.29) is 0 Å². The van der Waals surface area contributed by atoms with Gasteiger partial charge in [-0.25, -0.2) is 0 Å². The van der Waals surface area contributed by atoms with Gasteiger partial charge >= 0.3 is 0 Å². The Kier molecular flexibility index (Phi) is 3.07. The molecule has 0 saturated heterocycles. The van der Waals surface area contributed by atoms with Crippen LogP contribution in [0.2, 0.25) is 0 Å². The molecule has 0 unspecified atom stereocenters. The Bertz CT molecular complexity index is 405. The van der Waals surface area contributed by atoms with E-state index in [1.54, 1.807) is 0 Å². The van der Waals surface area contributed by atoms with E-state index < -0.39 is 0 Å². The third kappa shape index (κ3) is 1.90. The van der Waals surface area contributed by atoms with Crippen molar-refractivity contribution in [1.82, 2.24) is 5.32 Å². The second-order valence-corrected chi connectivity index (χ2v) is 3.77. The maximum atomic E-state index is 5.88. The summed E-state index contributed by atoms with van der Waals surface area (Å²) in [6.07, 6.45) is 2.14. The molecule has 15 heavy (non-hydrogen) atoms. The van der Waals surface area contributed by atoms with Crippen LogP contribution in [0.25, 0.3) is 10.8 Å². The first-order chi connectivity index (χ1) is 7.36. The van der Waals surface area contributed by atoms with Gasteiger partial charge in [-0.3, -0.25) is 0 Å². The Morgan fingerprint density at radius 1 is 1.13 bits per heavy atom. The molecule has 0 spiro atoms. The highest BCUT2D eigenvalue weighted by atomic mass is 16.3. The molecular formula is C13H17NO. The molecule has 0 fully saturated rings. The van der Waals surface area contributed by atoms with Crippen molar-refractivity contribution in [2.75, 3.05) is 7.05 Å². The molecule has 0 aliphatic rings.